The topological polar surface area (TPSA) is 293 Å². The van der Waals surface area contributed by atoms with Crippen molar-refractivity contribution in [3.8, 4) is 11.8 Å². The highest BCUT2D eigenvalue weighted by Gasteiger charge is 2.83. The highest BCUT2D eigenvalue weighted by molar-refractivity contribution is 5.82. The number of hydrogen-bond acceptors (Lipinski definition) is 14. The highest BCUT2D eigenvalue weighted by atomic mass is 16.7. The van der Waals surface area contributed by atoms with Gasteiger partial charge in [0.15, 0.2) is 6.29 Å². The zero-order chi connectivity index (χ0) is 49.3. The number of carboxylic acid groups (broad SMARTS) is 1. The van der Waals surface area contributed by atoms with E-state index < -0.39 is 124 Å². The van der Waals surface area contributed by atoms with Crippen molar-refractivity contribution >= 4 is 11.9 Å². The van der Waals surface area contributed by atoms with E-state index in [1.54, 1.807) is 12.5 Å². The first-order valence-corrected chi connectivity index (χ1v) is 25.8. The molecule has 13 N–H and O–H groups in total. The molecule has 3 saturated heterocycles. The fourth-order valence-electron chi connectivity index (χ4n) is 18.3. The van der Waals surface area contributed by atoms with Crippen molar-refractivity contribution in [1.82, 2.24) is 20.6 Å². The Bertz CT molecular complexity index is 2240. The number of aliphatic hydroxyl groups excluding tert-OH is 7. The molecule has 7 fully saturated rings. The van der Waals surface area contributed by atoms with Gasteiger partial charge in [-0.05, 0) is 110 Å². The lowest BCUT2D eigenvalue weighted by Crippen LogP contribution is -2.85. The Balaban J connectivity index is 1.21. The van der Waals surface area contributed by atoms with Crippen LogP contribution in [0.1, 0.15) is 110 Å². The van der Waals surface area contributed by atoms with E-state index in [1.165, 1.54) is 5.57 Å². The lowest BCUT2D eigenvalue weighted by molar-refractivity contribution is -0.376. The van der Waals surface area contributed by atoms with Gasteiger partial charge in [-0.15, -0.1) is 5.92 Å². The summed E-state index contributed by atoms with van der Waals surface area (Å²) in [7, 11) is 0. The van der Waals surface area contributed by atoms with Crippen LogP contribution in [0.15, 0.2) is 24.2 Å². The molecule has 3 aliphatic heterocycles. The number of nitrogens with zero attached hydrogens (tertiary/aromatic N) is 1. The smallest absolute Gasteiger partial charge is 0.310 e. The summed E-state index contributed by atoms with van der Waals surface area (Å²) in [6.07, 6.45) is 3.17. The lowest BCUT2D eigenvalue weighted by atomic mass is 9.25. The number of carbonyl (C=O) groups excluding carboxylic acids is 1. The first kappa shape index (κ1) is 49.6. The average Bonchev–Trinajstić information content (AvgIpc) is 3.98. The van der Waals surface area contributed by atoms with Crippen LogP contribution in [0.2, 0.25) is 0 Å². The molecule has 7 bridgehead atoms. The van der Waals surface area contributed by atoms with Gasteiger partial charge in [0.2, 0.25) is 5.91 Å². The first-order chi connectivity index (χ1) is 32.8. The molecule has 17 heteroatoms. The number of aliphatic hydroxyl groups is 7. The van der Waals surface area contributed by atoms with E-state index >= 15 is 0 Å². The van der Waals surface area contributed by atoms with E-state index in [9.17, 15) is 50.4 Å². The molecule has 22 atom stereocenters. The summed E-state index contributed by atoms with van der Waals surface area (Å²) in [6, 6.07) is -0.867. The molecule has 1 spiro atoms. The van der Waals surface area contributed by atoms with E-state index in [-0.39, 0.29) is 49.5 Å². The third kappa shape index (κ3) is 6.58. The number of carboxylic acids is 1. The number of aromatic nitrogens is 2. The quantitative estimate of drug-likeness (QED) is 0.0795. The number of imidazole rings is 1. The molecule has 1 amide bonds. The van der Waals surface area contributed by atoms with Gasteiger partial charge < -0.3 is 71.7 Å². The van der Waals surface area contributed by atoms with Crippen LogP contribution in [0, 0.1) is 85.3 Å². The monoisotopic (exact) mass is 964 g/mol. The van der Waals surface area contributed by atoms with Crippen LogP contribution in [0.5, 0.6) is 0 Å². The number of nitrogens with one attached hydrogen (secondary N) is 3. The van der Waals surface area contributed by atoms with Crippen molar-refractivity contribution in [2.24, 2.45) is 79.1 Å². The summed E-state index contributed by atoms with van der Waals surface area (Å²) in [4.78, 5) is 35.8. The van der Waals surface area contributed by atoms with Gasteiger partial charge in [-0.2, -0.15) is 0 Å². The molecule has 0 aromatic carbocycles. The minimum atomic E-state index is -1.68. The number of piperidine rings is 1. The van der Waals surface area contributed by atoms with Gasteiger partial charge in [0.25, 0.3) is 0 Å². The number of hydrogen-bond donors (Lipinski definition) is 12. The van der Waals surface area contributed by atoms with Crippen LogP contribution in [0.3, 0.4) is 0 Å². The minimum absolute atomic E-state index is 0.0361. The maximum Gasteiger partial charge on any atom is 0.310 e. The zero-order valence-electron chi connectivity index (χ0n) is 40.6. The highest BCUT2D eigenvalue weighted by Crippen LogP contribution is 2.81. The number of H-pyrrole nitrogens is 1. The second-order valence-corrected chi connectivity index (χ2v) is 24.3. The number of amides is 1. The van der Waals surface area contributed by atoms with Gasteiger partial charge in [-0.1, -0.05) is 45.3 Å². The third-order valence-electron chi connectivity index (χ3n) is 21.7. The number of aromatic amines is 1. The fourth-order valence-corrected chi connectivity index (χ4v) is 18.3. The molecule has 1 aromatic heterocycles. The molecule has 10 rings (SSSR count). The number of fused-ring (bicyclic) bond motifs is 2. The van der Waals surface area contributed by atoms with Gasteiger partial charge in [0.05, 0.1) is 49.7 Å². The van der Waals surface area contributed by atoms with Crippen molar-refractivity contribution < 1.29 is 59.9 Å². The summed E-state index contributed by atoms with van der Waals surface area (Å²) in [5, 5.41) is 99.6. The summed E-state index contributed by atoms with van der Waals surface area (Å²) < 4.78 is 12.7. The number of rotatable bonds is 12. The molecule has 4 saturated carbocycles. The number of ether oxygens (including phenoxy) is 2. The van der Waals surface area contributed by atoms with Gasteiger partial charge in [-0.3, -0.25) is 9.59 Å². The largest absolute Gasteiger partial charge is 0.481 e. The van der Waals surface area contributed by atoms with Crippen molar-refractivity contribution in [2.45, 2.75) is 153 Å². The summed E-state index contributed by atoms with van der Waals surface area (Å²) in [6.45, 7) is 7.99. The van der Waals surface area contributed by atoms with Crippen LogP contribution in [0.25, 0.3) is 0 Å². The molecule has 6 aliphatic carbocycles. The average molecular weight is 964 g/mol. The molecular formula is C52H77N5O12. The standard InChI is InChI=1S/C52H77N5O12/c1-46(24-59)13-14-50(45(66)67)15-16-51-12-6-5-9-30(36-28(21-58)43(65)57-37(36)27(8-7-17-53)33-20-54-26-56-33)52-23-55-32-19-48(51,3)35(11-10-29(51)31(50)18-46)49(52,4)40(32)47(2,25-60)42(41(52)64)69-44-39(63)38(62)34(61)22-68-44/h10,20,26-28,30-32,34-42,44,55,58-64H,6-8,11-19,21-25,53H2,1-4H3,(H,54,56)(H,57,65)(H,66,67). The predicted molar refractivity (Wildman–Crippen MR) is 249 cm³/mol. The lowest BCUT2D eigenvalue weighted by Gasteiger charge is -2.81. The molecular weight excluding hydrogens is 887 g/mol. The van der Waals surface area contributed by atoms with Gasteiger partial charge >= 0.3 is 5.97 Å². The van der Waals surface area contributed by atoms with Crippen LogP contribution >= 0.6 is 0 Å². The molecule has 22 unspecified atom stereocenters. The van der Waals surface area contributed by atoms with E-state index in [0.29, 0.717) is 77.2 Å². The van der Waals surface area contributed by atoms with Crippen molar-refractivity contribution in [2.75, 3.05) is 39.5 Å². The number of nitrogens with two attached hydrogens (primary N) is 1. The minimum Gasteiger partial charge on any atom is -0.481 e. The molecule has 4 heterocycles. The number of aliphatic carboxylic acids is 1. The Labute approximate surface area is 404 Å². The fraction of sp³-hybridized carbons (Fsp3) is 0.827. The maximum atomic E-state index is 14.5. The maximum absolute atomic E-state index is 14.5. The molecule has 0 radical (unpaired) electrons. The third-order valence-corrected chi connectivity index (χ3v) is 21.7. The number of carbonyl (C=O) groups is 2. The Kier molecular flexibility index (Phi) is 12.4. The Hall–Kier alpha value is -2.99. The van der Waals surface area contributed by atoms with Crippen LogP contribution in [0.4, 0.5) is 0 Å². The van der Waals surface area contributed by atoms with E-state index in [4.69, 9.17) is 15.2 Å². The second-order valence-electron chi connectivity index (χ2n) is 24.3. The van der Waals surface area contributed by atoms with E-state index in [2.05, 4.69) is 59.3 Å². The van der Waals surface area contributed by atoms with Crippen molar-refractivity contribution in [3.05, 3.63) is 29.9 Å². The van der Waals surface area contributed by atoms with Crippen molar-refractivity contribution in [1.29, 1.82) is 0 Å². The predicted octanol–water partition coefficient (Wildman–Crippen LogP) is 1.15. The molecule has 17 nitrogen and oxygen atoms in total. The molecule has 382 valence electrons. The summed E-state index contributed by atoms with van der Waals surface area (Å²) in [5.41, 5.74) is 2.23. The van der Waals surface area contributed by atoms with Gasteiger partial charge in [0.1, 0.15) is 18.3 Å². The first-order valence-electron chi connectivity index (χ1n) is 25.8. The van der Waals surface area contributed by atoms with E-state index in [1.807, 2.05) is 6.92 Å². The molecule has 69 heavy (non-hydrogen) atoms. The summed E-state index contributed by atoms with van der Waals surface area (Å²) >= 11 is 0. The van der Waals surface area contributed by atoms with Gasteiger partial charge in [0, 0.05) is 72.1 Å². The normalized spacial score (nSPS) is 51.2. The second kappa shape index (κ2) is 17.3. The van der Waals surface area contributed by atoms with Crippen LogP contribution < -0.4 is 16.4 Å². The Morgan fingerprint density at radius 1 is 1.03 bits per heavy atom. The van der Waals surface area contributed by atoms with Crippen molar-refractivity contribution in [3.63, 3.8) is 0 Å². The molecule has 1 aromatic rings. The summed E-state index contributed by atoms with van der Waals surface area (Å²) in [5.74, 6) is 2.70. The Morgan fingerprint density at radius 2 is 1.80 bits per heavy atom. The van der Waals surface area contributed by atoms with Crippen LogP contribution in [-0.4, -0.2) is 151 Å². The molecule has 9 aliphatic rings. The van der Waals surface area contributed by atoms with E-state index in [0.717, 1.165) is 5.69 Å². The van der Waals surface area contributed by atoms with Crippen LogP contribution in [-0.2, 0) is 19.1 Å². The Morgan fingerprint density at radius 3 is 2.48 bits per heavy atom. The number of allylic oxidation sites excluding steroid dienone is 2. The van der Waals surface area contributed by atoms with Gasteiger partial charge in [-0.25, -0.2) is 4.98 Å². The SMILES string of the molecule is CC1(CO)CCC2(C(=O)O)CCC34CCC#CC(C5C(CO)C(=O)NC5C(CCCN)c5cnc[nH]5)C56CNC7CC3(C)C(CC=C4C2C1)C5(C)C7C(C)(CO)C(OC1OCC(O)C(O)C1O)C6O. The zero-order valence-corrected chi connectivity index (χ0v) is 40.6.